The highest BCUT2D eigenvalue weighted by Crippen LogP contribution is 2.41. The molecule has 0 aliphatic carbocycles. The molecule has 1 heterocycles. The zero-order valence-corrected chi connectivity index (χ0v) is 8.52. The number of Topliss-reactive ketones (excluding diaryl/α,β-unsaturated/α-hetero) is 1. The van der Waals surface area contributed by atoms with Crippen LogP contribution in [0.2, 0.25) is 0 Å². The van der Waals surface area contributed by atoms with Gasteiger partial charge in [-0.05, 0) is 18.2 Å². The molecule has 92 valence electrons. The van der Waals surface area contributed by atoms with Gasteiger partial charge in [0, 0.05) is 5.56 Å². The Morgan fingerprint density at radius 1 is 1.41 bits per heavy atom. The molecule has 3 N–H and O–H groups in total. The van der Waals surface area contributed by atoms with Crippen LogP contribution in [0.15, 0.2) is 18.2 Å². The maximum atomic E-state index is 12.7. The monoisotopic (exact) mass is 245 g/mol. The topological polar surface area (TPSA) is 81.8 Å². The number of ketones is 1. The summed E-state index contributed by atoms with van der Waals surface area (Å²) >= 11 is 0. The molecule has 0 spiro atoms. The average molecular weight is 245 g/mol. The highest BCUT2D eigenvalue weighted by atomic mass is 19.3. The van der Waals surface area contributed by atoms with Crippen molar-refractivity contribution in [1.82, 2.24) is 0 Å². The van der Waals surface area contributed by atoms with Crippen LogP contribution in [0.1, 0.15) is 10.4 Å². The number of alkyl halides is 2. The number of ether oxygens (including phenoxy) is 2. The first-order valence-corrected chi connectivity index (χ1v) is 4.73. The summed E-state index contributed by atoms with van der Waals surface area (Å²) in [5.74, 6) is -0.941. The molecule has 1 aromatic rings. The van der Waals surface area contributed by atoms with E-state index in [1.54, 1.807) is 0 Å². The summed E-state index contributed by atoms with van der Waals surface area (Å²) in [5.41, 5.74) is 5.40. The van der Waals surface area contributed by atoms with Crippen molar-refractivity contribution in [3.8, 4) is 11.5 Å². The van der Waals surface area contributed by atoms with E-state index in [0.29, 0.717) is 0 Å². The third-order valence-corrected chi connectivity index (χ3v) is 2.22. The maximum absolute atomic E-state index is 12.7. The SMILES string of the molecule is NC(CO)C(=O)c1ccc2c(c1)OC(F)(F)O2. The molecule has 0 radical (unpaired) electrons. The van der Waals surface area contributed by atoms with Crippen LogP contribution in [-0.2, 0) is 0 Å². The number of carbonyl (C=O) groups excluding carboxylic acids is 1. The molecule has 0 saturated carbocycles. The van der Waals surface area contributed by atoms with E-state index in [2.05, 4.69) is 9.47 Å². The van der Waals surface area contributed by atoms with Gasteiger partial charge in [-0.1, -0.05) is 0 Å². The summed E-state index contributed by atoms with van der Waals surface area (Å²) in [4.78, 5) is 11.6. The zero-order chi connectivity index (χ0) is 12.6. The number of halogens is 2. The lowest BCUT2D eigenvalue weighted by Crippen LogP contribution is -2.33. The number of rotatable bonds is 3. The Labute approximate surface area is 94.7 Å². The smallest absolute Gasteiger partial charge is 0.395 e. The first kappa shape index (κ1) is 11.7. The highest BCUT2D eigenvalue weighted by Gasteiger charge is 2.43. The van der Waals surface area contributed by atoms with E-state index in [1.165, 1.54) is 12.1 Å². The van der Waals surface area contributed by atoms with Crippen molar-refractivity contribution in [1.29, 1.82) is 0 Å². The number of carbonyl (C=O) groups is 1. The number of hydrogen-bond acceptors (Lipinski definition) is 5. The van der Waals surface area contributed by atoms with Gasteiger partial charge in [-0.2, -0.15) is 0 Å². The fraction of sp³-hybridized carbons (Fsp3) is 0.300. The Bertz CT molecular complexity index is 464. The van der Waals surface area contributed by atoms with Crippen LogP contribution in [-0.4, -0.2) is 29.8 Å². The van der Waals surface area contributed by atoms with Crippen LogP contribution in [0.4, 0.5) is 8.78 Å². The number of hydrogen-bond donors (Lipinski definition) is 2. The number of aliphatic hydroxyl groups is 1. The molecule has 1 aliphatic heterocycles. The van der Waals surface area contributed by atoms with Crippen molar-refractivity contribution in [2.45, 2.75) is 12.3 Å². The Morgan fingerprint density at radius 3 is 2.71 bits per heavy atom. The Morgan fingerprint density at radius 2 is 2.06 bits per heavy atom. The zero-order valence-electron chi connectivity index (χ0n) is 8.52. The fourth-order valence-corrected chi connectivity index (χ4v) is 1.40. The molecule has 2 rings (SSSR count). The van der Waals surface area contributed by atoms with Crippen LogP contribution < -0.4 is 15.2 Å². The lowest BCUT2D eigenvalue weighted by molar-refractivity contribution is -0.286. The second-order valence-corrected chi connectivity index (χ2v) is 3.48. The van der Waals surface area contributed by atoms with Gasteiger partial charge in [0.15, 0.2) is 17.3 Å². The quantitative estimate of drug-likeness (QED) is 0.758. The minimum Gasteiger partial charge on any atom is -0.395 e. The Hall–Kier alpha value is -1.73. The molecular weight excluding hydrogens is 236 g/mol. The summed E-state index contributed by atoms with van der Waals surface area (Å²) in [5, 5.41) is 8.72. The number of nitrogens with two attached hydrogens (primary N) is 1. The third-order valence-electron chi connectivity index (χ3n) is 2.22. The van der Waals surface area contributed by atoms with E-state index in [0.717, 1.165) is 6.07 Å². The van der Waals surface area contributed by atoms with Crippen molar-refractivity contribution < 1.29 is 28.2 Å². The molecule has 5 nitrogen and oxygen atoms in total. The van der Waals surface area contributed by atoms with E-state index in [9.17, 15) is 13.6 Å². The third kappa shape index (κ3) is 2.20. The summed E-state index contributed by atoms with van der Waals surface area (Å²) < 4.78 is 33.8. The molecule has 1 aromatic carbocycles. The molecule has 0 aromatic heterocycles. The van der Waals surface area contributed by atoms with E-state index in [1.807, 2.05) is 0 Å². The van der Waals surface area contributed by atoms with Crippen LogP contribution in [0.5, 0.6) is 11.5 Å². The normalized spacial score (nSPS) is 17.9. The van der Waals surface area contributed by atoms with Crippen molar-refractivity contribution in [2.24, 2.45) is 5.73 Å². The summed E-state index contributed by atoms with van der Waals surface area (Å²) in [6, 6.07) is 2.49. The summed E-state index contributed by atoms with van der Waals surface area (Å²) in [7, 11) is 0. The molecule has 17 heavy (non-hydrogen) atoms. The van der Waals surface area contributed by atoms with Crippen LogP contribution >= 0.6 is 0 Å². The second-order valence-electron chi connectivity index (χ2n) is 3.48. The maximum Gasteiger partial charge on any atom is 0.586 e. The molecule has 0 fully saturated rings. The number of fused-ring (bicyclic) bond motifs is 1. The van der Waals surface area contributed by atoms with Gasteiger partial charge in [0.05, 0.1) is 12.6 Å². The van der Waals surface area contributed by atoms with Gasteiger partial charge in [0.25, 0.3) is 0 Å². The van der Waals surface area contributed by atoms with E-state index < -0.39 is 24.7 Å². The van der Waals surface area contributed by atoms with Gasteiger partial charge in [-0.25, -0.2) is 0 Å². The van der Waals surface area contributed by atoms with Gasteiger partial charge in [0.1, 0.15) is 0 Å². The van der Waals surface area contributed by atoms with Crippen molar-refractivity contribution in [2.75, 3.05) is 6.61 Å². The standard InChI is InChI=1S/C10H9F2NO4/c11-10(12)16-7-2-1-5(3-8(7)17-10)9(15)6(13)4-14/h1-3,6,14H,4,13H2. The first-order valence-electron chi connectivity index (χ1n) is 4.73. The molecule has 1 aliphatic rings. The van der Waals surface area contributed by atoms with Gasteiger partial charge in [-0.15, -0.1) is 8.78 Å². The van der Waals surface area contributed by atoms with Crippen LogP contribution in [0.3, 0.4) is 0 Å². The molecule has 1 atom stereocenters. The molecule has 0 amide bonds. The Kier molecular flexibility index (Phi) is 2.72. The Balaban J connectivity index is 2.28. The summed E-state index contributed by atoms with van der Waals surface area (Å²) in [6.45, 7) is -0.524. The number of aliphatic hydroxyl groups excluding tert-OH is 1. The van der Waals surface area contributed by atoms with E-state index in [4.69, 9.17) is 10.8 Å². The van der Waals surface area contributed by atoms with Gasteiger partial charge >= 0.3 is 6.29 Å². The largest absolute Gasteiger partial charge is 0.586 e. The van der Waals surface area contributed by atoms with Crippen molar-refractivity contribution in [3.05, 3.63) is 23.8 Å². The van der Waals surface area contributed by atoms with E-state index >= 15 is 0 Å². The first-order chi connectivity index (χ1) is 7.93. The van der Waals surface area contributed by atoms with Gasteiger partial charge < -0.3 is 20.3 Å². The van der Waals surface area contributed by atoms with Gasteiger partial charge in [-0.3, -0.25) is 4.79 Å². The van der Waals surface area contributed by atoms with E-state index in [-0.39, 0.29) is 17.1 Å². The lowest BCUT2D eigenvalue weighted by Gasteiger charge is -2.07. The molecule has 1 unspecified atom stereocenters. The minimum atomic E-state index is -3.72. The predicted molar refractivity (Wildman–Crippen MR) is 52.0 cm³/mol. The number of benzene rings is 1. The van der Waals surface area contributed by atoms with Gasteiger partial charge in [0.2, 0.25) is 0 Å². The molecule has 7 heteroatoms. The van der Waals surface area contributed by atoms with Crippen LogP contribution in [0, 0.1) is 0 Å². The van der Waals surface area contributed by atoms with Crippen LogP contribution in [0.25, 0.3) is 0 Å². The predicted octanol–water partition coefficient (Wildman–Crippen LogP) is 0.510. The summed E-state index contributed by atoms with van der Waals surface area (Å²) in [6.07, 6.45) is -3.72. The fourth-order valence-electron chi connectivity index (χ4n) is 1.40. The highest BCUT2D eigenvalue weighted by molar-refractivity contribution is 6.00. The lowest BCUT2D eigenvalue weighted by atomic mass is 10.1. The molecule has 0 saturated heterocycles. The molecule has 0 bridgehead atoms. The van der Waals surface area contributed by atoms with Crippen molar-refractivity contribution in [3.63, 3.8) is 0 Å². The second kappa shape index (κ2) is 3.94. The minimum absolute atomic E-state index is 0.0756. The molecular formula is C10H9F2NO4. The average Bonchev–Trinajstić information content (AvgIpc) is 2.59. The van der Waals surface area contributed by atoms with Crippen molar-refractivity contribution >= 4 is 5.78 Å².